The van der Waals surface area contributed by atoms with Crippen LogP contribution in [0.1, 0.15) is 34.9 Å². The van der Waals surface area contributed by atoms with Gasteiger partial charge in [0.2, 0.25) is 0 Å². The van der Waals surface area contributed by atoms with Gasteiger partial charge in [-0.2, -0.15) is 0 Å². The number of ether oxygens (including phenoxy) is 1. The Bertz CT molecular complexity index is 1050. The molecule has 2 fully saturated rings. The third kappa shape index (κ3) is 4.43. The Labute approximate surface area is 182 Å². The second-order valence-corrected chi connectivity index (χ2v) is 8.53. The van der Waals surface area contributed by atoms with Crippen molar-refractivity contribution in [2.24, 2.45) is 0 Å². The third-order valence-electron chi connectivity index (χ3n) is 6.37. The molecule has 7 nitrogen and oxygen atoms in total. The molecule has 0 aliphatic carbocycles. The van der Waals surface area contributed by atoms with Gasteiger partial charge in [0.05, 0.1) is 24.2 Å². The molecule has 3 aromatic rings. The highest BCUT2D eigenvalue weighted by atomic mass is 16.5. The van der Waals surface area contributed by atoms with E-state index in [1.54, 1.807) is 0 Å². The van der Waals surface area contributed by atoms with Crippen LogP contribution < -0.4 is 10.2 Å². The Morgan fingerprint density at radius 1 is 1.06 bits per heavy atom. The van der Waals surface area contributed by atoms with Crippen molar-refractivity contribution in [3.8, 4) is 0 Å². The van der Waals surface area contributed by atoms with Crippen LogP contribution in [0.3, 0.4) is 0 Å². The van der Waals surface area contributed by atoms with E-state index in [2.05, 4.69) is 27.1 Å². The van der Waals surface area contributed by atoms with E-state index in [1.807, 2.05) is 42.5 Å². The molecule has 2 saturated heterocycles. The lowest BCUT2D eigenvalue weighted by molar-refractivity contribution is 0.102. The minimum atomic E-state index is -0.112. The van der Waals surface area contributed by atoms with Gasteiger partial charge in [-0.05, 0) is 75.4 Å². The molecule has 7 heteroatoms. The van der Waals surface area contributed by atoms with Crippen molar-refractivity contribution in [1.82, 2.24) is 14.9 Å². The van der Waals surface area contributed by atoms with Gasteiger partial charge in [-0.25, -0.2) is 4.98 Å². The Hall–Kier alpha value is -2.90. The Kier molecular flexibility index (Phi) is 5.61. The maximum atomic E-state index is 12.7. The number of hydrogen-bond acceptors (Lipinski definition) is 5. The summed E-state index contributed by atoms with van der Waals surface area (Å²) in [5.74, 6) is 1.43. The average Bonchev–Trinajstić information content (AvgIpc) is 3.23. The quantitative estimate of drug-likeness (QED) is 0.678. The number of morpholine rings is 1. The van der Waals surface area contributed by atoms with E-state index >= 15 is 0 Å². The molecule has 0 saturated carbocycles. The van der Waals surface area contributed by atoms with Crippen LogP contribution in [-0.4, -0.2) is 67.2 Å². The maximum absolute atomic E-state index is 12.7. The third-order valence-corrected chi connectivity index (χ3v) is 6.37. The van der Waals surface area contributed by atoms with E-state index in [4.69, 9.17) is 9.72 Å². The van der Waals surface area contributed by atoms with Gasteiger partial charge < -0.3 is 24.8 Å². The molecule has 2 aliphatic heterocycles. The first kappa shape index (κ1) is 20.0. The molecule has 3 heterocycles. The Balaban J connectivity index is 1.26. The molecule has 0 spiro atoms. The van der Waals surface area contributed by atoms with Crippen LogP contribution in [0, 0.1) is 0 Å². The first-order valence-corrected chi connectivity index (χ1v) is 11.1. The molecule has 2 aromatic carbocycles. The number of benzene rings is 2. The number of carbonyl (C=O) groups excluding carboxylic acids is 1. The Morgan fingerprint density at radius 2 is 1.81 bits per heavy atom. The van der Waals surface area contributed by atoms with Crippen LogP contribution in [0.15, 0.2) is 42.5 Å². The van der Waals surface area contributed by atoms with Gasteiger partial charge >= 0.3 is 0 Å². The summed E-state index contributed by atoms with van der Waals surface area (Å²) in [5.41, 5.74) is 4.44. The number of aromatic nitrogens is 2. The standard InChI is InChI=1S/C24H29N5O2/c1-28-10-8-17(9-11-28)23-26-21-7-4-19(16-22(21)27-23)25-24(30)18-2-5-20(6-3-18)29-12-14-31-15-13-29/h2-7,16-17H,8-15H2,1H3,(H,25,30)(H,26,27). The molecule has 0 atom stereocenters. The molecular weight excluding hydrogens is 390 g/mol. The lowest BCUT2D eigenvalue weighted by atomic mass is 9.97. The number of nitrogens with zero attached hydrogens (tertiary/aromatic N) is 3. The predicted octanol–water partition coefficient (Wildman–Crippen LogP) is 3.46. The summed E-state index contributed by atoms with van der Waals surface area (Å²) in [7, 11) is 2.17. The second kappa shape index (κ2) is 8.69. The van der Waals surface area contributed by atoms with Gasteiger partial charge in [0, 0.05) is 35.9 Å². The van der Waals surface area contributed by atoms with Crippen LogP contribution >= 0.6 is 0 Å². The van der Waals surface area contributed by atoms with E-state index in [9.17, 15) is 4.79 Å². The van der Waals surface area contributed by atoms with Crippen molar-refractivity contribution in [3.05, 3.63) is 53.9 Å². The Morgan fingerprint density at radius 3 is 2.55 bits per heavy atom. The van der Waals surface area contributed by atoms with Gasteiger partial charge in [-0.1, -0.05) is 0 Å². The van der Waals surface area contributed by atoms with Gasteiger partial charge in [0.15, 0.2) is 0 Å². The van der Waals surface area contributed by atoms with Crippen LogP contribution in [0.4, 0.5) is 11.4 Å². The topological polar surface area (TPSA) is 73.5 Å². The molecule has 0 unspecified atom stereocenters. The van der Waals surface area contributed by atoms with Crippen molar-refractivity contribution in [1.29, 1.82) is 0 Å². The number of fused-ring (bicyclic) bond motifs is 1. The smallest absolute Gasteiger partial charge is 0.255 e. The molecule has 5 rings (SSSR count). The van der Waals surface area contributed by atoms with E-state index in [0.29, 0.717) is 11.5 Å². The minimum Gasteiger partial charge on any atom is -0.378 e. The highest BCUT2D eigenvalue weighted by molar-refractivity contribution is 6.05. The molecule has 162 valence electrons. The molecule has 1 aromatic heterocycles. The fourth-order valence-corrected chi connectivity index (χ4v) is 4.43. The van der Waals surface area contributed by atoms with Crippen LogP contribution in [0.25, 0.3) is 11.0 Å². The van der Waals surface area contributed by atoms with Crippen molar-refractivity contribution in [2.45, 2.75) is 18.8 Å². The molecule has 31 heavy (non-hydrogen) atoms. The number of nitrogens with one attached hydrogen (secondary N) is 2. The summed E-state index contributed by atoms with van der Waals surface area (Å²) in [4.78, 5) is 25.7. The van der Waals surface area contributed by atoms with Gasteiger partial charge in [-0.15, -0.1) is 0 Å². The predicted molar refractivity (Wildman–Crippen MR) is 123 cm³/mol. The molecular formula is C24H29N5O2. The zero-order valence-corrected chi connectivity index (χ0v) is 17.9. The highest BCUT2D eigenvalue weighted by Gasteiger charge is 2.21. The first-order valence-electron chi connectivity index (χ1n) is 11.1. The summed E-state index contributed by atoms with van der Waals surface area (Å²) in [6.45, 7) is 5.47. The van der Waals surface area contributed by atoms with Crippen molar-refractivity contribution in [3.63, 3.8) is 0 Å². The number of piperidine rings is 1. The number of likely N-dealkylation sites (tertiary alicyclic amines) is 1. The highest BCUT2D eigenvalue weighted by Crippen LogP contribution is 2.28. The van der Waals surface area contributed by atoms with Gasteiger partial charge in [0.1, 0.15) is 5.82 Å². The van der Waals surface area contributed by atoms with Crippen LogP contribution in [-0.2, 0) is 4.74 Å². The lowest BCUT2D eigenvalue weighted by Gasteiger charge is -2.28. The molecule has 1 amide bonds. The molecule has 2 N–H and O–H groups in total. The summed E-state index contributed by atoms with van der Waals surface area (Å²) in [5, 5.41) is 3.01. The fraction of sp³-hybridized carbons (Fsp3) is 0.417. The van der Waals surface area contributed by atoms with E-state index in [1.165, 1.54) is 0 Å². The lowest BCUT2D eigenvalue weighted by Crippen LogP contribution is -2.36. The second-order valence-electron chi connectivity index (χ2n) is 8.53. The first-order chi connectivity index (χ1) is 15.2. The van der Waals surface area contributed by atoms with E-state index < -0.39 is 0 Å². The molecule has 0 radical (unpaired) electrons. The van der Waals surface area contributed by atoms with Crippen LogP contribution in [0.5, 0.6) is 0 Å². The zero-order valence-electron chi connectivity index (χ0n) is 17.9. The molecule has 2 aliphatic rings. The maximum Gasteiger partial charge on any atom is 0.255 e. The van der Waals surface area contributed by atoms with E-state index in [0.717, 1.165) is 80.5 Å². The number of aromatic amines is 1. The molecule has 0 bridgehead atoms. The zero-order chi connectivity index (χ0) is 21.2. The summed E-state index contributed by atoms with van der Waals surface area (Å²) >= 11 is 0. The summed E-state index contributed by atoms with van der Waals surface area (Å²) < 4.78 is 5.41. The number of hydrogen-bond donors (Lipinski definition) is 2. The van der Waals surface area contributed by atoms with Crippen molar-refractivity contribution in [2.75, 3.05) is 56.7 Å². The minimum absolute atomic E-state index is 0.112. The monoisotopic (exact) mass is 419 g/mol. The number of rotatable bonds is 4. The summed E-state index contributed by atoms with van der Waals surface area (Å²) in [6.07, 6.45) is 2.25. The van der Waals surface area contributed by atoms with Crippen molar-refractivity contribution >= 4 is 28.3 Å². The number of amides is 1. The summed E-state index contributed by atoms with van der Waals surface area (Å²) in [6, 6.07) is 13.6. The number of H-pyrrole nitrogens is 1. The number of anilines is 2. The number of carbonyl (C=O) groups is 1. The van der Waals surface area contributed by atoms with Crippen molar-refractivity contribution < 1.29 is 9.53 Å². The largest absolute Gasteiger partial charge is 0.378 e. The number of imidazole rings is 1. The van der Waals surface area contributed by atoms with Gasteiger partial charge in [-0.3, -0.25) is 4.79 Å². The van der Waals surface area contributed by atoms with Crippen LogP contribution in [0.2, 0.25) is 0 Å². The van der Waals surface area contributed by atoms with Gasteiger partial charge in [0.25, 0.3) is 5.91 Å². The SMILES string of the molecule is CN1CCC(c2nc3cc(NC(=O)c4ccc(N5CCOCC5)cc4)ccc3[nH]2)CC1. The van der Waals surface area contributed by atoms with E-state index in [-0.39, 0.29) is 5.91 Å². The fourth-order valence-electron chi connectivity index (χ4n) is 4.43. The normalized spacial score (nSPS) is 18.4. The average molecular weight is 420 g/mol.